The maximum Gasteiger partial charge on any atom is 0.322 e. The van der Waals surface area contributed by atoms with Gasteiger partial charge in [0.05, 0.1) is 6.04 Å². The van der Waals surface area contributed by atoms with Gasteiger partial charge < -0.3 is 15.0 Å². The molecule has 0 aromatic carbocycles. The summed E-state index contributed by atoms with van der Waals surface area (Å²) in [4.78, 5) is 15.3. The molecule has 0 aliphatic carbocycles. The van der Waals surface area contributed by atoms with E-state index in [-0.39, 0.29) is 12.0 Å². The molecule has 0 spiro atoms. The monoisotopic (exact) mass is 225 g/mol. The molecule has 90 valence electrons. The summed E-state index contributed by atoms with van der Waals surface area (Å²) < 4.78 is 1.92. The van der Waals surface area contributed by atoms with Crippen LogP contribution < -0.4 is 5.32 Å². The lowest BCUT2D eigenvalue weighted by Gasteiger charge is -2.23. The van der Waals surface area contributed by atoms with Gasteiger partial charge in [0.1, 0.15) is 11.9 Å². The minimum Gasteiger partial charge on any atom is -0.480 e. The van der Waals surface area contributed by atoms with Crippen molar-refractivity contribution in [2.45, 2.75) is 38.8 Å². The van der Waals surface area contributed by atoms with E-state index in [1.165, 1.54) is 0 Å². The summed E-state index contributed by atoms with van der Waals surface area (Å²) in [5, 5.41) is 11.9. The highest BCUT2D eigenvalue weighted by Gasteiger charge is 2.25. The van der Waals surface area contributed by atoms with E-state index in [0.717, 1.165) is 5.82 Å². The van der Waals surface area contributed by atoms with Crippen LogP contribution in [0, 0.1) is 0 Å². The molecule has 2 unspecified atom stereocenters. The Labute approximate surface area is 95.5 Å². The second-order valence-electron chi connectivity index (χ2n) is 4.19. The molecule has 0 bridgehead atoms. The summed E-state index contributed by atoms with van der Waals surface area (Å²) in [6.45, 7) is 5.96. The van der Waals surface area contributed by atoms with Crippen LogP contribution in [0.4, 0.5) is 0 Å². The first kappa shape index (κ1) is 12.7. The number of carboxylic acids is 1. The van der Waals surface area contributed by atoms with Crippen molar-refractivity contribution in [1.82, 2.24) is 14.9 Å². The molecule has 0 fully saturated rings. The molecule has 5 nitrogen and oxygen atoms in total. The number of aromatic nitrogens is 2. The molecule has 1 aromatic heterocycles. The molecule has 2 N–H and O–H groups in total. The Hall–Kier alpha value is -1.36. The normalized spacial score (nSPS) is 15.1. The molecule has 5 heteroatoms. The molecule has 16 heavy (non-hydrogen) atoms. The Morgan fingerprint density at radius 3 is 2.56 bits per heavy atom. The standard InChI is InChI=1S/C11H19N3O2/c1-7(2)10-13-5-6-14(10)8(3)9(12-4)11(15)16/h5-9,12H,1-4H3,(H,15,16). The molecule has 0 aliphatic heterocycles. The first-order valence-electron chi connectivity index (χ1n) is 5.41. The first-order chi connectivity index (χ1) is 7.49. The van der Waals surface area contributed by atoms with E-state index in [0.29, 0.717) is 0 Å². The number of rotatable bonds is 5. The summed E-state index contributed by atoms with van der Waals surface area (Å²) in [5.41, 5.74) is 0. The van der Waals surface area contributed by atoms with Crippen LogP contribution >= 0.6 is 0 Å². The average molecular weight is 225 g/mol. The second kappa shape index (κ2) is 5.12. The van der Waals surface area contributed by atoms with E-state index in [2.05, 4.69) is 10.3 Å². The van der Waals surface area contributed by atoms with Crippen LogP contribution in [0.1, 0.15) is 38.6 Å². The van der Waals surface area contributed by atoms with Gasteiger partial charge in [-0.2, -0.15) is 0 Å². The van der Waals surface area contributed by atoms with Gasteiger partial charge in [0.25, 0.3) is 0 Å². The number of hydrogen-bond acceptors (Lipinski definition) is 3. The third-order valence-electron chi connectivity index (χ3n) is 2.71. The smallest absolute Gasteiger partial charge is 0.322 e. The van der Waals surface area contributed by atoms with Crippen LogP contribution in [0.25, 0.3) is 0 Å². The highest BCUT2D eigenvalue weighted by molar-refractivity contribution is 5.74. The van der Waals surface area contributed by atoms with E-state index >= 15 is 0 Å². The number of aliphatic carboxylic acids is 1. The predicted octanol–water partition coefficient (Wildman–Crippen LogP) is 1.24. The van der Waals surface area contributed by atoms with Gasteiger partial charge in [-0.05, 0) is 14.0 Å². The van der Waals surface area contributed by atoms with Gasteiger partial charge in [0.15, 0.2) is 0 Å². The van der Waals surface area contributed by atoms with Crippen LogP contribution in [0.2, 0.25) is 0 Å². The van der Waals surface area contributed by atoms with Crippen LogP contribution in [-0.2, 0) is 4.79 Å². The van der Waals surface area contributed by atoms with Crippen molar-refractivity contribution in [2.75, 3.05) is 7.05 Å². The lowest BCUT2D eigenvalue weighted by atomic mass is 10.1. The Balaban J connectivity index is 2.98. The maximum atomic E-state index is 11.1. The summed E-state index contributed by atoms with van der Waals surface area (Å²) in [6.07, 6.45) is 3.54. The second-order valence-corrected chi connectivity index (χ2v) is 4.19. The van der Waals surface area contributed by atoms with Crippen molar-refractivity contribution in [2.24, 2.45) is 0 Å². The minimum absolute atomic E-state index is 0.164. The van der Waals surface area contributed by atoms with Crippen molar-refractivity contribution in [1.29, 1.82) is 0 Å². The van der Waals surface area contributed by atoms with Gasteiger partial charge in [-0.25, -0.2) is 4.98 Å². The third-order valence-corrected chi connectivity index (χ3v) is 2.71. The van der Waals surface area contributed by atoms with Gasteiger partial charge in [-0.3, -0.25) is 4.79 Å². The molecular weight excluding hydrogens is 206 g/mol. The van der Waals surface area contributed by atoms with Crippen LogP contribution in [0.3, 0.4) is 0 Å². The third kappa shape index (κ3) is 2.41. The Kier molecular flexibility index (Phi) is 4.06. The Morgan fingerprint density at radius 1 is 1.50 bits per heavy atom. The van der Waals surface area contributed by atoms with Gasteiger partial charge in [0.2, 0.25) is 0 Å². The number of hydrogen-bond donors (Lipinski definition) is 2. The lowest BCUT2D eigenvalue weighted by molar-refractivity contribution is -0.140. The summed E-state index contributed by atoms with van der Waals surface area (Å²) >= 11 is 0. The van der Waals surface area contributed by atoms with Crippen LogP contribution in [0.15, 0.2) is 12.4 Å². The highest BCUT2D eigenvalue weighted by atomic mass is 16.4. The van der Waals surface area contributed by atoms with E-state index in [1.54, 1.807) is 13.2 Å². The van der Waals surface area contributed by atoms with Gasteiger partial charge in [0, 0.05) is 18.3 Å². The van der Waals surface area contributed by atoms with Crippen molar-refractivity contribution >= 4 is 5.97 Å². The number of nitrogens with one attached hydrogen (secondary N) is 1. The fourth-order valence-corrected chi connectivity index (χ4v) is 1.85. The van der Waals surface area contributed by atoms with Crippen LogP contribution in [0.5, 0.6) is 0 Å². The zero-order valence-corrected chi connectivity index (χ0v) is 10.1. The number of carboxylic acid groups (broad SMARTS) is 1. The van der Waals surface area contributed by atoms with Gasteiger partial charge in [-0.15, -0.1) is 0 Å². The number of carbonyl (C=O) groups is 1. The summed E-state index contributed by atoms with van der Waals surface area (Å²) in [5.74, 6) is 0.344. The zero-order chi connectivity index (χ0) is 12.3. The molecule has 2 atom stereocenters. The molecular formula is C11H19N3O2. The van der Waals surface area contributed by atoms with Crippen molar-refractivity contribution in [3.8, 4) is 0 Å². The van der Waals surface area contributed by atoms with Crippen molar-refractivity contribution in [3.63, 3.8) is 0 Å². The largest absolute Gasteiger partial charge is 0.480 e. The molecule has 0 amide bonds. The molecule has 1 rings (SSSR count). The molecule has 0 saturated carbocycles. The molecule has 1 heterocycles. The summed E-state index contributed by atoms with van der Waals surface area (Å²) in [6, 6.07) is -0.769. The number of likely N-dealkylation sites (N-methyl/N-ethyl adjacent to an activating group) is 1. The molecule has 1 aromatic rings. The zero-order valence-electron chi connectivity index (χ0n) is 10.1. The number of imidazole rings is 1. The highest BCUT2D eigenvalue weighted by Crippen LogP contribution is 2.19. The van der Waals surface area contributed by atoms with Gasteiger partial charge in [-0.1, -0.05) is 13.8 Å². The maximum absolute atomic E-state index is 11.1. The van der Waals surface area contributed by atoms with Gasteiger partial charge >= 0.3 is 5.97 Å². The van der Waals surface area contributed by atoms with E-state index in [9.17, 15) is 4.79 Å². The quantitative estimate of drug-likeness (QED) is 0.791. The predicted molar refractivity (Wildman–Crippen MR) is 61.5 cm³/mol. The fraction of sp³-hybridized carbons (Fsp3) is 0.636. The SMILES string of the molecule is CNC(C(=O)O)C(C)n1ccnc1C(C)C. The minimum atomic E-state index is -0.849. The topological polar surface area (TPSA) is 67.2 Å². The fourth-order valence-electron chi connectivity index (χ4n) is 1.85. The van der Waals surface area contributed by atoms with Crippen LogP contribution in [-0.4, -0.2) is 33.7 Å². The van der Waals surface area contributed by atoms with E-state index < -0.39 is 12.0 Å². The summed E-state index contributed by atoms with van der Waals surface area (Å²) in [7, 11) is 1.65. The molecule has 0 saturated heterocycles. The van der Waals surface area contributed by atoms with E-state index in [1.807, 2.05) is 31.5 Å². The molecule has 0 radical (unpaired) electrons. The van der Waals surface area contributed by atoms with Crippen molar-refractivity contribution < 1.29 is 9.90 Å². The average Bonchev–Trinajstić information content (AvgIpc) is 2.65. The molecule has 0 aliphatic rings. The Morgan fingerprint density at radius 2 is 2.12 bits per heavy atom. The van der Waals surface area contributed by atoms with E-state index in [4.69, 9.17) is 5.11 Å². The number of nitrogens with zero attached hydrogens (tertiary/aromatic N) is 2. The lowest BCUT2D eigenvalue weighted by Crippen LogP contribution is -2.41. The first-order valence-corrected chi connectivity index (χ1v) is 5.41. The Bertz CT molecular complexity index is 360. The van der Waals surface area contributed by atoms with Crippen molar-refractivity contribution in [3.05, 3.63) is 18.2 Å².